The number of nitrogens with two attached hydrogens (primary N) is 1. The molecule has 0 bridgehead atoms. The van der Waals surface area contributed by atoms with Crippen molar-refractivity contribution in [3.05, 3.63) is 59.9 Å². The second-order valence-electron chi connectivity index (χ2n) is 5.44. The van der Waals surface area contributed by atoms with Crippen LogP contribution >= 0.6 is 0 Å². The molecule has 1 aliphatic rings. The third-order valence-corrected chi connectivity index (χ3v) is 4.01. The molecule has 0 unspecified atom stereocenters. The molecule has 3 nitrogen and oxygen atoms in total. The van der Waals surface area contributed by atoms with Crippen molar-refractivity contribution in [1.82, 2.24) is 4.90 Å². The lowest BCUT2D eigenvalue weighted by Crippen LogP contribution is -2.46. The predicted octanol–water partition coefficient (Wildman–Crippen LogP) is 2.73. The van der Waals surface area contributed by atoms with Gasteiger partial charge in [-0.25, -0.2) is 4.39 Å². The first-order chi connectivity index (χ1) is 10.2. The van der Waals surface area contributed by atoms with Crippen molar-refractivity contribution >= 4 is 11.4 Å². The number of benzene rings is 2. The van der Waals surface area contributed by atoms with Crippen molar-refractivity contribution in [1.29, 1.82) is 0 Å². The van der Waals surface area contributed by atoms with Gasteiger partial charge in [-0.15, -0.1) is 0 Å². The zero-order valence-corrected chi connectivity index (χ0v) is 12.0. The maximum absolute atomic E-state index is 13.0. The lowest BCUT2D eigenvalue weighted by Gasteiger charge is -2.36. The fourth-order valence-corrected chi connectivity index (χ4v) is 2.74. The Bertz CT molecular complexity index is 589. The van der Waals surface area contributed by atoms with E-state index in [1.807, 2.05) is 30.3 Å². The Morgan fingerprint density at radius 3 is 2.24 bits per heavy atom. The van der Waals surface area contributed by atoms with Crippen LogP contribution in [-0.4, -0.2) is 31.1 Å². The van der Waals surface area contributed by atoms with E-state index in [9.17, 15) is 4.39 Å². The molecular formula is C17H20FN3. The van der Waals surface area contributed by atoms with Gasteiger partial charge in [0.2, 0.25) is 0 Å². The quantitative estimate of drug-likeness (QED) is 0.880. The third kappa shape index (κ3) is 3.34. The van der Waals surface area contributed by atoms with Crippen molar-refractivity contribution in [2.45, 2.75) is 6.54 Å². The molecule has 0 spiro atoms. The van der Waals surface area contributed by atoms with Crippen LogP contribution in [0.3, 0.4) is 0 Å². The average Bonchev–Trinajstić information content (AvgIpc) is 2.51. The van der Waals surface area contributed by atoms with E-state index >= 15 is 0 Å². The van der Waals surface area contributed by atoms with E-state index in [2.05, 4.69) is 15.9 Å². The van der Waals surface area contributed by atoms with Gasteiger partial charge in [0, 0.05) is 44.1 Å². The minimum Gasteiger partial charge on any atom is -0.398 e. The summed E-state index contributed by atoms with van der Waals surface area (Å²) in [5.74, 6) is -0.183. The van der Waals surface area contributed by atoms with Gasteiger partial charge in [-0.05, 0) is 35.9 Å². The maximum Gasteiger partial charge on any atom is 0.123 e. The Balaban J connectivity index is 1.58. The standard InChI is InChI=1S/C17H20FN3/c18-15-5-7-16(8-6-15)21-11-9-20(10-12-21)13-14-3-1-2-4-17(14)19/h1-8H,9-13,19H2. The van der Waals surface area contributed by atoms with E-state index in [1.54, 1.807) is 0 Å². The van der Waals surface area contributed by atoms with Gasteiger partial charge in [0.25, 0.3) is 0 Å². The van der Waals surface area contributed by atoms with Crippen molar-refractivity contribution in [3.8, 4) is 0 Å². The van der Waals surface area contributed by atoms with Gasteiger partial charge in [-0.3, -0.25) is 4.90 Å². The lowest BCUT2D eigenvalue weighted by atomic mass is 10.1. The molecule has 3 rings (SSSR count). The van der Waals surface area contributed by atoms with E-state index in [0.29, 0.717) is 0 Å². The molecule has 1 heterocycles. The van der Waals surface area contributed by atoms with Gasteiger partial charge in [-0.2, -0.15) is 0 Å². The van der Waals surface area contributed by atoms with E-state index < -0.39 is 0 Å². The second kappa shape index (κ2) is 6.14. The van der Waals surface area contributed by atoms with Crippen LogP contribution in [0.5, 0.6) is 0 Å². The monoisotopic (exact) mass is 285 g/mol. The summed E-state index contributed by atoms with van der Waals surface area (Å²) in [5.41, 5.74) is 9.14. The highest BCUT2D eigenvalue weighted by atomic mass is 19.1. The summed E-state index contributed by atoms with van der Waals surface area (Å²) in [6.07, 6.45) is 0. The number of hydrogen-bond acceptors (Lipinski definition) is 3. The molecule has 2 aromatic rings. The summed E-state index contributed by atoms with van der Waals surface area (Å²) in [4.78, 5) is 4.70. The molecule has 1 saturated heterocycles. The number of anilines is 2. The molecule has 4 heteroatoms. The predicted molar refractivity (Wildman–Crippen MR) is 84.7 cm³/mol. The SMILES string of the molecule is Nc1ccccc1CN1CCN(c2ccc(F)cc2)CC1. The van der Waals surface area contributed by atoms with E-state index in [1.165, 1.54) is 17.7 Å². The van der Waals surface area contributed by atoms with Crippen molar-refractivity contribution in [3.63, 3.8) is 0 Å². The molecule has 1 aliphatic heterocycles. The minimum atomic E-state index is -0.183. The maximum atomic E-state index is 13.0. The number of halogens is 1. The Morgan fingerprint density at radius 2 is 1.57 bits per heavy atom. The summed E-state index contributed by atoms with van der Waals surface area (Å²) in [7, 11) is 0. The summed E-state index contributed by atoms with van der Waals surface area (Å²) in [6, 6.07) is 14.8. The fourth-order valence-electron chi connectivity index (χ4n) is 2.74. The number of rotatable bonds is 3. The zero-order valence-electron chi connectivity index (χ0n) is 12.0. The van der Waals surface area contributed by atoms with Gasteiger partial charge in [0.1, 0.15) is 5.82 Å². The molecule has 0 radical (unpaired) electrons. The first kappa shape index (κ1) is 13.9. The molecule has 2 aromatic carbocycles. The molecule has 21 heavy (non-hydrogen) atoms. The largest absolute Gasteiger partial charge is 0.398 e. The Labute approximate surface area is 124 Å². The van der Waals surface area contributed by atoms with Crippen molar-refractivity contribution < 1.29 is 4.39 Å². The average molecular weight is 285 g/mol. The fraction of sp³-hybridized carbons (Fsp3) is 0.294. The molecule has 1 fully saturated rings. The Hall–Kier alpha value is -2.07. The molecule has 0 atom stereocenters. The highest BCUT2D eigenvalue weighted by Crippen LogP contribution is 2.19. The number of nitrogens with zero attached hydrogens (tertiary/aromatic N) is 2. The van der Waals surface area contributed by atoms with Crippen LogP contribution in [0.4, 0.5) is 15.8 Å². The van der Waals surface area contributed by atoms with E-state index in [-0.39, 0.29) is 5.82 Å². The molecule has 2 N–H and O–H groups in total. The van der Waals surface area contributed by atoms with E-state index in [0.717, 1.165) is 44.1 Å². The number of hydrogen-bond donors (Lipinski definition) is 1. The molecule has 0 aromatic heterocycles. The van der Waals surface area contributed by atoms with Crippen LogP contribution in [0.1, 0.15) is 5.56 Å². The molecule has 0 saturated carbocycles. The first-order valence-electron chi connectivity index (χ1n) is 7.28. The van der Waals surface area contributed by atoms with Crippen LogP contribution in [0.2, 0.25) is 0 Å². The van der Waals surface area contributed by atoms with E-state index in [4.69, 9.17) is 5.73 Å². The normalized spacial score (nSPS) is 16.1. The van der Waals surface area contributed by atoms with Gasteiger partial charge >= 0.3 is 0 Å². The van der Waals surface area contributed by atoms with Gasteiger partial charge in [0.05, 0.1) is 0 Å². The first-order valence-corrected chi connectivity index (χ1v) is 7.28. The summed E-state index contributed by atoms with van der Waals surface area (Å²) < 4.78 is 13.0. The number of para-hydroxylation sites is 1. The van der Waals surface area contributed by atoms with Crippen LogP contribution < -0.4 is 10.6 Å². The molecular weight excluding hydrogens is 265 g/mol. The van der Waals surface area contributed by atoms with Crippen LogP contribution in [0, 0.1) is 5.82 Å². The Morgan fingerprint density at radius 1 is 0.905 bits per heavy atom. The second-order valence-corrected chi connectivity index (χ2v) is 5.44. The molecule has 110 valence electrons. The van der Waals surface area contributed by atoms with Crippen molar-refractivity contribution in [2.24, 2.45) is 0 Å². The van der Waals surface area contributed by atoms with Crippen LogP contribution in [0.15, 0.2) is 48.5 Å². The summed E-state index contributed by atoms with van der Waals surface area (Å²) in [5, 5.41) is 0. The third-order valence-electron chi connectivity index (χ3n) is 4.01. The Kier molecular flexibility index (Phi) is 4.06. The van der Waals surface area contributed by atoms with Gasteiger partial charge in [-0.1, -0.05) is 18.2 Å². The summed E-state index contributed by atoms with van der Waals surface area (Å²) >= 11 is 0. The minimum absolute atomic E-state index is 0.183. The van der Waals surface area contributed by atoms with Crippen LogP contribution in [-0.2, 0) is 6.54 Å². The van der Waals surface area contributed by atoms with Crippen LogP contribution in [0.25, 0.3) is 0 Å². The van der Waals surface area contributed by atoms with Gasteiger partial charge < -0.3 is 10.6 Å². The molecule has 0 aliphatic carbocycles. The lowest BCUT2D eigenvalue weighted by molar-refractivity contribution is 0.250. The summed E-state index contributed by atoms with van der Waals surface area (Å²) in [6.45, 7) is 4.79. The molecule has 0 amide bonds. The number of piperazine rings is 1. The van der Waals surface area contributed by atoms with Crippen molar-refractivity contribution in [2.75, 3.05) is 36.8 Å². The highest BCUT2D eigenvalue weighted by Gasteiger charge is 2.17. The van der Waals surface area contributed by atoms with Gasteiger partial charge in [0.15, 0.2) is 0 Å². The number of nitrogen functional groups attached to an aromatic ring is 1. The zero-order chi connectivity index (χ0) is 14.7. The topological polar surface area (TPSA) is 32.5 Å². The highest BCUT2D eigenvalue weighted by molar-refractivity contribution is 5.47. The smallest absolute Gasteiger partial charge is 0.123 e.